The molecule has 3 aromatic rings. The molecule has 0 bridgehead atoms. The number of hydrogen-bond donors (Lipinski definition) is 1. The maximum Gasteiger partial charge on any atom is 0.256 e. The molecule has 0 saturated carbocycles. The Balaban J connectivity index is 1.78. The molecule has 1 aliphatic heterocycles. The van der Waals surface area contributed by atoms with E-state index in [4.69, 9.17) is 9.72 Å². The van der Waals surface area contributed by atoms with Crippen LogP contribution in [-0.4, -0.2) is 31.1 Å². The number of aromatic nitrogens is 1. The second-order valence-corrected chi connectivity index (χ2v) is 7.75. The van der Waals surface area contributed by atoms with Crippen molar-refractivity contribution in [3.63, 3.8) is 0 Å². The lowest BCUT2D eigenvalue weighted by molar-refractivity contribution is 0.0934. The first-order valence-corrected chi connectivity index (χ1v) is 10.8. The van der Waals surface area contributed by atoms with Gasteiger partial charge in [-0.05, 0) is 37.3 Å². The first kappa shape index (κ1) is 20.2. The van der Waals surface area contributed by atoms with Crippen LogP contribution in [0.3, 0.4) is 0 Å². The molecule has 0 unspecified atom stereocenters. The molecule has 1 amide bonds. The molecule has 0 spiro atoms. The minimum Gasteiger partial charge on any atom is -0.492 e. The van der Waals surface area contributed by atoms with E-state index in [9.17, 15) is 4.79 Å². The number of ether oxygens (including phenoxy) is 1. The van der Waals surface area contributed by atoms with Crippen LogP contribution in [0, 0.1) is 0 Å². The first-order chi connectivity index (χ1) is 14.7. The second-order valence-electron chi connectivity index (χ2n) is 7.75. The van der Waals surface area contributed by atoms with Crippen molar-refractivity contribution in [3.8, 4) is 5.75 Å². The number of nitrogens with zero attached hydrogens (tertiary/aromatic N) is 2. The zero-order valence-corrected chi connectivity index (χ0v) is 17.7. The van der Waals surface area contributed by atoms with E-state index in [2.05, 4.69) is 29.3 Å². The van der Waals surface area contributed by atoms with E-state index >= 15 is 0 Å². The van der Waals surface area contributed by atoms with E-state index in [1.54, 1.807) is 7.11 Å². The van der Waals surface area contributed by atoms with Gasteiger partial charge < -0.3 is 15.0 Å². The van der Waals surface area contributed by atoms with Crippen molar-refractivity contribution in [2.45, 2.75) is 38.6 Å². The summed E-state index contributed by atoms with van der Waals surface area (Å²) in [5.74, 6) is 1.21. The topological polar surface area (TPSA) is 54.5 Å². The number of anilines is 1. The van der Waals surface area contributed by atoms with Crippen molar-refractivity contribution >= 4 is 22.6 Å². The van der Waals surface area contributed by atoms with E-state index in [1.807, 2.05) is 42.5 Å². The Labute approximate surface area is 178 Å². The number of rotatable bonds is 6. The highest BCUT2D eigenvalue weighted by Gasteiger charge is 2.26. The molecule has 156 valence electrons. The number of hydrogen-bond acceptors (Lipinski definition) is 4. The van der Waals surface area contributed by atoms with Crippen LogP contribution >= 0.6 is 0 Å². The molecule has 1 N–H and O–H groups in total. The highest BCUT2D eigenvalue weighted by molar-refractivity contribution is 6.10. The van der Waals surface area contributed by atoms with Crippen LogP contribution in [0.25, 0.3) is 10.9 Å². The summed E-state index contributed by atoms with van der Waals surface area (Å²) < 4.78 is 5.81. The second kappa shape index (κ2) is 9.16. The molecule has 1 aromatic heterocycles. The largest absolute Gasteiger partial charge is 0.492 e. The zero-order valence-electron chi connectivity index (χ0n) is 17.7. The van der Waals surface area contributed by atoms with Gasteiger partial charge in [-0.15, -0.1) is 0 Å². The molecular formula is C25H29N3O2. The lowest BCUT2D eigenvalue weighted by atomic mass is 10.0. The Morgan fingerprint density at radius 2 is 1.77 bits per heavy atom. The van der Waals surface area contributed by atoms with Crippen molar-refractivity contribution < 1.29 is 9.53 Å². The summed E-state index contributed by atoms with van der Waals surface area (Å²) in [4.78, 5) is 20.7. The van der Waals surface area contributed by atoms with E-state index < -0.39 is 0 Å². The highest BCUT2D eigenvalue weighted by atomic mass is 16.5. The summed E-state index contributed by atoms with van der Waals surface area (Å²) in [6.07, 6.45) is 4.30. The van der Waals surface area contributed by atoms with Gasteiger partial charge in [-0.25, -0.2) is 4.98 Å². The normalized spacial score (nSPS) is 15.1. The number of carbonyl (C=O) groups excluding carboxylic acids is 1. The average molecular weight is 404 g/mol. The standard InChI is InChI=1S/C25H29N3O2/c1-3-20(18-12-6-4-7-13-18)27-25(29)22-19-14-8-9-15-21(19)26-24(23(22)30-2)28-16-10-5-11-17-28/h4,6-9,12-15,20H,3,5,10-11,16-17H2,1-2H3,(H,27,29)/t20-/m0/s1. The van der Waals surface area contributed by atoms with Crippen molar-refractivity contribution in [2.75, 3.05) is 25.1 Å². The van der Waals surface area contributed by atoms with Gasteiger partial charge in [0.25, 0.3) is 5.91 Å². The first-order valence-electron chi connectivity index (χ1n) is 10.8. The van der Waals surface area contributed by atoms with Gasteiger partial charge in [-0.1, -0.05) is 55.5 Å². The third-order valence-corrected chi connectivity index (χ3v) is 5.83. The Morgan fingerprint density at radius 3 is 2.47 bits per heavy atom. The maximum absolute atomic E-state index is 13.6. The van der Waals surface area contributed by atoms with E-state index in [0.717, 1.165) is 54.6 Å². The molecule has 4 rings (SSSR count). The number of fused-ring (bicyclic) bond motifs is 1. The fourth-order valence-electron chi connectivity index (χ4n) is 4.26. The minimum atomic E-state index is -0.126. The zero-order chi connectivity index (χ0) is 20.9. The monoisotopic (exact) mass is 403 g/mol. The molecule has 1 saturated heterocycles. The summed E-state index contributed by atoms with van der Waals surface area (Å²) in [7, 11) is 1.63. The molecule has 5 heteroatoms. The van der Waals surface area contributed by atoms with Crippen LogP contribution in [0.1, 0.15) is 54.6 Å². The van der Waals surface area contributed by atoms with Crippen LogP contribution < -0.4 is 15.0 Å². The van der Waals surface area contributed by atoms with E-state index in [0.29, 0.717) is 11.3 Å². The fraction of sp³-hybridized carbons (Fsp3) is 0.360. The number of nitrogens with one attached hydrogen (secondary N) is 1. The van der Waals surface area contributed by atoms with Crippen LogP contribution in [0.15, 0.2) is 54.6 Å². The van der Waals surface area contributed by atoms with E-state index in [-0.39, 0.29) is 11.9 Å². The predicted octanol–water partition coefficient (Wildman–Crippen LogP) is 5.11. The lowest BCUT2D eigenvalue weighted by Gasteiger charge is -2.30. The average Bonchev–Trinajstić information content (AvgIpc) is 2.82. The Morgan fingerprint density at radius 1 is 1.07 bits per heavy atom. The number of methoxy groups -OCH3 is 1. The summed E-state index contributed by atoms with van der Waals surface area (Å²) in [5, 5.41) is 4.05. The molecule has 0 aliphatic carbocycles. The number of benzene rings is 2. The molecule has 0 radical (unpaired) electrons. The maximum atomic E-state index is 13.6. The highest BCUT2D eigenvalue weighted by Crippen LogP contribution is 2.37. The van der Waals surface area contributed by atoms with Gasteiger partial charge in [0.2, 0.25) is 0 Å². The molecule has 5 nitrogen and oxygen atoms in total. The third-order valence-electron chi connectivity index (χ3n) is 5.83. The molecular weight excluding hydrogens is 374 g/mol. The lowest BCUT2D eigenvalue weighted by Crippen LogP contribution is -2.32. The van der Waals surface area contributed by atoms with Crippen molar-refractivity contribution in [3.05, 3.63) is 65.7 Å². The summed E-state index contributed by atoms with van der Waals surface area (Å²) in [6.45, 7) is 3.95. The van der Waals surface area contributed by atoms with Crippen molar-refractivity contribution in [2.24, 2.45) is 0 Å². The molecule has 1 fully saturated rings. The summed E-state index contributed by atoms with van der Waals surface area (Å²) in [6, 6.07) is 17.8. The number of piperidine rings is 1. The van der Waals surface area contributed by atoms with Crippen LogP contribution in [0.5, 0.6) is 5.75 Å². The smallest absolute Gasteiger partial charge is 0.256 e. The summed E-state index contributed by atoms with van der Waals surface area (Å²) in [5.41, 5.74) is 2.48. The molecule has 1 atom stereocenters. The third kappa shape index (κ3) is 3.97. The Kier molecular flexibility index (Phi) is 6.17. The van der Waals surface area contributed by atoms with Gasteiger partial charge in [-0.2, -0.15) is 0 Å². The fourth-order valence-corrected chi connectivity index (χ4v) is 4.26. The van der Waals surface area contributed by atoms with Gasteiger partial charge in [0.05, 0.1) is 24.2 Å². The molecule has 1 aliphatic rings. The summed E-state index contributed by atoms with van der Waals surface area (Å²) >= 11 is 0. The van der Waals surface area contributed by atoms with E-state index in [1.165, 1.54) is 6.42 Å². The number of amides is 1. The van der Waals surface area contributed by atoms with Gasteiger partial charge >= 0.3 is 0 Å². The Bertz CT molecular complexity index is 1010. The predicted molar refractivity (Wildman–Crippen MR) is 121 cm³/mol. The SMILES string of the molecule is CC[C@H](NC(=O)c1c(OC)c(N2CCCCC2)nc2ccccc12)c1ccccc1. The quantitative estimate of drug-likeness (QED) is 0.621. The van der Waals surface area contributed by atoms with Crippen LogP contribution in [0.2, 0.25) is 0 Å². The van der Waals surface area contributed by atoms with Gasteiger partial charge in [0.1, 0.15) is 0 Å². The van der Waals surface area contributed by atoms with Gasteiger partial charge in [0, 0.05) is 18.5 Å². The number of carbonyl (C=O) groups is 1. The van der Waals surface area contributed by atoms with Gasteiger partial charge in [0.15, 0.2) is 11.6 Å². The minimum absolute atomic E-state index is 0.0613. The Hall–Kier alpha value is -3.08. The molecule has 2 heterocycles. The molecule has 30 heavy (non-hydrogen) atoms. The van der Waals surface area contributed by atoms with Crippen LogP contribution in [-0.2, 0) is 0 Å². The van der Waals surface area contributed by atoms with Crippen molar-refractivity contribution in [1.29, 1.82) is 0 Å². The molecule has 2 aromatic carbocycles. The number of para-hydroxylation sites is 1. The number of pyridine rings is 1. The van der Waals surface area contributed by atoms with Crippen molar-refractivity contribution in [1.82, 2.24) is 10.3 Å². The van der Waals surface area contributed by atoms with Gasteiger partial charge in [-0.3, -0.25) is 4.79 Å². The van der Waals surface area contributed by atoms with Crippen LogP contribution in [0.4, 0.5) is 5.82 Å².